The zero-order valence-electron chi connectivity index (χ0n) is 13.5. The highest BCUT2D eigenvalue weighted by molar-refractivity contribution is 5.78. The van der Waals surface area contributed by atoms with E-state index in [1.165, 1.54) is 11.1 Å². The number of aromatic nitrogens is 1. The topological polar surface area (TPSA) is 45.2 Å². The average Bonchev–Trinajstić information content (AvgIpc) is 3.02. The van der Waals surface area contributed by atoms with Gasteiger partial charge in [-0.15, -0.1) is 0 Å². The molecule has 2 aromatic rings. The van der Waals surface area contributed by atoms with Gasteiger partial charge in [0.25, 0.3) is 0 Å². The molecule has 4 nitrogen and oxygen atoms in total. The summed E-state index contributed by atoms with van der Waals surface area (Å²) in [6.07, 6.45) is 4.79. The Morgan fingerprint density at radius 2 is 2.13 bits per heavy atom. The number of nitrogens with zero attached hydrogens (tertiary/aromatic N) is 2. The second-order valence-corrected chi connectivity index (χ2v) is 6.27. The normalized spacial score (nSPS) is 18.0. The number of carbonyl (C=O) groups is 1. The number of likely N-dealkylation sites (tertiary alicyclic amines) is 1. The van der Waals surface area contributed by atoms with Crippen LogP contribution in [0, 0.1) is 6.92 Å². The first-order valence-corrected chi connectivity index (χ1v) is 8.15. The largest absolute Gasteiger partial charge is 0.351 e. The number of amides is 1. The van der Waals surface area contributed by atoms with E-state index in [-0.39, 0.29) is 5.91 Å². The van der Waals surface area contributed by atoms with Crippen molar-refractivity contribution >= 4 is 5.91 Å². The highest BCUT2D eigenvalue weighted by atomic mass is 16.2. The van der Waals surface area contributed by atoms with E-state index in [0.29, 0.717) is 19.0 Å². The maximum atomic E-state index is 12.1. The van der Waals surface area contributed by atoms with Crippen molar-refractivity contribution in [3.05, 3.63) is 65.5 Å². The Labute approximate surface area is 137 Å². The summed E-state index contributed by atoms with van der Waals surface area (Å²) in [7, 11) is 0. The SMILES string of the molecule is Cc1cccc(CNC(=O)CN2CC[C@@H](c3ccncc3)C2)c1. The van der Waals surface area contributed by atoms with Crippen molar-refractivity contribution in [2.75, 3.05) is 19.6 Å². The van der Waals surface area contributed by atoms with Gasteiger partial charge in [-0.1, -0.05) is 29.8 Å². The van der Waals surface area contributed by atoms with Crippen LogP contribution in [-0.2, 0) is 11.3 Å². The molecule has 1 saturated heterocycles. The number of hydrogen-bond acceptors (Lipinski definition) is 3. The molecule has 1 aromatic carbocycles. The maximum Gasteiger partial charge on any atom is 0.234 e. The summed E-state index contributed by atoms with van der Waals surface area (Å²) < 4.78 is 0. The molecule has 23 heavy (non-hydrogen) atoms. The molecule has 4 heteroatoms. The molecule has 1 aromatic heterocycles. The van der Waals surface area contributed by atoms with Gasteiger partial charge in [-0.05, 0) is 49.1 Å². The molecular weight excluding hydrogens is 286 g/mol. The third kappa shape index (κ3) is 4.39. The predicted octanol–water partition coefficient (Wildman–Crippen LogP) is 2.50. The Morgan fingerprint density at radius 3 is 2.91 bits per heavy atom. The molecule has 1 aliphatic heterocycles. The summed E-state index contributed by atoms with van der Waals surface area (Å²) in [6, 6.07) is 12.4. The standard InChI is InChI=1S/C19H23N3O/c1-15-3-2-4-16(11-15)12-21-19(23)14-22-10-7-18(13-22)17-5-8-20-9-6-17/h2-6,8-9,11,18H,7,10,12-14H2,1H3,(H,21,23)/t18-/m1/s1. The van der Waals surface area contributed by atoms with Crippen LogP contribution in [0.25, 0.3) is 0 Å². The first-order chi connectivity index (χ1) is 11.2. The Balaban J connectivity index is 1.46. The molecule has 1 N–H and O–H groups in total. The molecule has 0 unspecified atom stereocenters. The molecule has 1 atom stereocenters. The maximum absolute atomic E-state index is 12.1. The van der Waals surface area contributed by atoms with Crippen LogP contribution in [0.1, 0.15) is 29.0 Å². The third-order valence-corrected chi connectivity index (χ3v) is 4.39. The van der Waals surface area contributed by atoms with E-state index in [4.69, 9.17) is 0 Å². The summed E-state index contributed by atoms with van der Waals surface area (Å²) in [6.45, 7) is 5.07. The van der Waals surface area contributed by atoms with Crippen LogP contribution in [0.2, 0.25) is 0 Å². The second kappa shape index (κ2) is 7.38. The van der Waals surface area contributed by atoms with Crippen molar-refractivity contribution in [1.82, 2.24) is 15.2 Å². The lowest BCUT2D eigenvalue weighted by atomic mass is 10.00. The third-order valence-electron chi connectivity index (χ3n) is 4.39. The average molecular weight is 309 g/mol. The van der Waals surface area contributed by atoms with E-state index in [2.05, 4.69) is 46.4 Å². The van der Waals surface area contributed by atoms with Crippen molar-refractivity contribution in [2.24, 2.45) is 0 Å². The Bertz CT molecular complexity index is 657. The summed E-state index contributed by atoms with van der Waals surface area (Å²) in [4.78, 5) is 18.4. The Kier molecular flexibility index (Phi) is 5.03. The van der Waals surface area contributed by atoms with Gasteiger partial charge in [-0.2, -0.15) is 0 Å². The van der Waals surface area contributed by atoms with Gasteiger partial charge in [0.2, 0.25) is 5.91 Å². The van der Waals surface area contributed by atoms with Gasteiger partial charge in [0.1, 0.15) is 0 Å². The fourth-order valence-electron chi connectivity index (χ4n) is 3.17. The van der Waals surface area contributed by atoms with Crippen molar-refractivity contribution in [3.63, 3.8) is 0 Å². The fraction of sp³-hybridized carbons (Fsp3) is 0.368. The van der Waals surface area contributed by atoms with Crippen molar-refractivity contribution in [1.29, 1.82) is 0 Å². The molecule has 1 aliphatic rings. The van der Waals surface area contributed by atoms with Crippen LogP contribution in [0.15, 0.2) is 48.8 Å². The summed E-state index contributed by atoms with van der Waals surface area (Å²) >= 11 is 0. The predicted molar refractivity (Wildman–Crippen MR) is 91.1 cm³/mol. The summed E-state index contributed by atoms with van der Waals surface area (Å²) in [5, 5.41) is 3.02. The van der Waals surface area contributed by atoms with Crippen molar-refractivity contribution in [3.8, 4) is 0 Å². The van der Waals surface area contributed by atoms with Gasteiger partial charge < -0.3 is 5.32 Å². The van der Waals surface area contributed by atoms with E-state index in [1.54, 1.807) is 0 Å². The Morgan fingerprint density at radius 1 is 1.30 bits per heavy atom. The monoisotopic (exact) mass is 309 g/mol. The second-order valence-electron chi connectivity index (χ2n) is 6.27. The fourth-order valence-corrected chi connectivity index (χ4v) is 3.17. The van der Waals surface area contributed by atoms with E-state index in [9.17, 15) is 4.79 Å². The molecular formula is C19H23N3O. The van der Waals surface area contributed by atoms with E-state index in [1.807, 2.05) is 24.5 Å². The summed E-state index contributed by atoms with van der Waals surface area (Å²) in [5.74, 6) is 0.615. The number of rotatable bonds is 5. The molecule has 0 saturated carbocycles. The van der Waals surface area contributed by atoms with E-state index < -0.39 is 0 Å². The lowest BCUT2D eigenvalue weighted by Crippen LogP contribution is -2.35. The first kappa shape index (κ1) is 15.7. The first-order valence-electron chi connectivity index (χ1n) is 8.15. The number of aryl methyl sites for hydroxylation is 1. The van der Waals surface area contributed by atoms with E-state index in [0.717, 1.165) is 25.1 Å². The zero-order chi connectivity index (χ0) is 16.1. The molecule has 0 radical (unpaired) electrons. The van der Waals surface area contributed by atoms with Gasteiger partial charge >= 0.3 is 0 Å². The van der Waals surface area contributed by atoms with Crippen LogP contribution in [0.5, 0.6) is 0 Å². The molecule has 0 aliphatic carbocycles. The van der Waals surface area contributed by atoms with Crippen molar-refractivity contribution in [2.45, 2.75) is 25.8 Å². The minimum atomic E-state index is 0.0990. The van der Waals surface area contributed by atoms with Crippen molar-refractivity contribution < 1.29 is 4.79 Å². The van der Waals surface area contributed by atoms with Gasteiger partial charge in [-0.25, -0.2) is 0 Å². The zero-order valence-corrected chi connectivity index (χ0v) is 13.5. The lowest BCUT2D eigenvalue weighted by Gasteiger charge is -2.16. The number of carbonyl (C=O) groups excluding carboxylic acids is 1. The molecule has 3 rings (SSSR count). The molecule has 0 spiro atoms. The highest BCUT2D eigenvalue weighted by Crippen LogP contribution is 2.26. The van der Waals surface area contributed by atoms with Gasteiger partial charge in [-0.3, -0.25) is 14.7 Å². The summed E-state index contributed by atoms with van der Waals surface area (Å²) in [5.41, 5.74) is 3.69. The highest BCUT2D eigenvalue weighted by Gasteiger charge is 2.24. The molecule has 120 valence electrons. The van der Waals surface area contributed by atoms with Crippen LogP contribution in [0.4, 0.5) is 0 Å². The smallest absolute Gasteiger partial charge is 0.234 e. The molecule has 1 fully saturated rings. The van der Waals surface area contributed by atoms with Crippen LogP contribution >= 0.6 is 0 Å². The minimum absolute atomic E-state index is 0.0990. The number of nitrogens with one attached hydrogen (secondary N) is 1. The number of hydrogen-bond donors (Lipinski definition) is 1. The van der Waals surface area contributed by atoms with Crippen LogP contribution in [0.3, 0.4) is 0 Å². The van der Waals surface area contributed by atoms with E-state index >= 15 is 0 Å². The number of pyridine rings is 1. The molecule has 2 heterocycles. The lowest BCUT2D eigenvalue weighted by molar-refractivity contribution is -0.122. The van der Waals surface area contributed by atoms with Crippen LogP contribution < -0.4 is 5.32 Å². The quantitative estimate of drug-likeness (QED) is 0.923. The minimum Gasteiger partial charge on any atom is -0.351 e. The number of benzene rings is 1. The van der Waals surface area contributed by atoms with Gasteiger partial charge in [0.05, 0.1) is 6.54 Å². The Hall–Kier alpha value is -2.20. The molecule has 0 bridgehead atoms. The van der Waals surface area contributed by atoms with Crippen LogP contribution in [-0.4, -0.2) is 35.4 Å². The van der Waals surface area contributed by atoms with Gasteiger partial charge in [0, 0.05) is 25.5 Å². The van der Waals surface area contributed by atoms with Gasteiger partial charge in [0.15, 0.2) is 0 Å². The molecule has 1 amide bonds.